The van der Waals surface area contributed by atoms with Gasteiger partial charge in [-0.1, -0.05) is 51.1 Å². The van der Waals surface area contributed by atoms with Crippen molar-refractivity contribution in [3.05, 3.63) is 88.7 Å². The van der Waals surface area contributed by atoms with Gasteiger partial charge in [-0.2, -0.15) is 0 Å². The Morgan fingerprint density at radius 1 is 0.895 bits per heavy atom. The summed E-state index contributed by atoms with van der Waals surface area (Å²) in [6.07, 6.45) is 2.66. The highest BCUT2D eigenvalue weighted by Gasteiger charge is 2.26. The predicted octanol–water partition coefficient (Wildman–Crippen LogP) is 5.66. The molecule has 0 radical (unpaired) electrons. The summed E-state index contributed by atoms with van der Waals surface area (Å²) in [4.78, 5) is 32.8. The number of fused-ring (bicyclic) bond motifs is 1. The smallest absolute Gasteiger partial charge is 0.269 e. The van der Waals surface area contributed by atoms with Gasteiger partial charge in [0.1, 0.15) is 5.65 Å². The third kappa shape index (κ3) is 5.60. The molecule has 1 fully saturated rings. The normalized spacial score (nSPS) is 14.7. The Labute approximate surface area is 222 Å². The Morgan fingerprint density at radius 3 is 2.18 bits per heavy atom. The van der Waals surface area contributed by atoms with Gasteiger partial charge in [0.25, 0.3) is 5.69 Å². The molecule has 196 valence electrons. The highest BCUT2D eigenvalue weighted by Crippen LogP contribution is 2.30. The maximum Gasteiger partial charge on any atom is 0.269 e. The van der Waals surface area contributed by atoms with Gasteiger partial charge in [-0.25, -0.2) is 4.98 Å². The van der Waals surface area contributed by atoms with E-state index in [0.29, 0.717) is 26.1 Å². The molecule has 3 heterocycles. The summed E-state index contributed by atoms with van der Waals surface area (Å²) >= 11 is 0. The molecule has 5 rings (SSSR count). The van der Waals surface area contributed by atoms with Crippen LogP contribution in [-0.2, 0) is 11.3 Å². The Hall–Kier alpha value is -4.04. The zero-order chi connectivity index (χ0) is 26.9. The quantitative estimate of drug-likeness (QED) is 0.246. The summed E-state index contributed by atoms with van der Waals surface area (Å²) in [6.45, 7) is 9.90. The van der Waals surface area contributed by atoms with Gasteiger partial charge >= 0.3 is 0 Å². The molecule has 0 bridgehead atoms. The third-order valence-electron chi connectivity index (χ3n) is 6.96. The van der Waals surface area contributed by atoms with Gasteiger partial charge in [0.05, 0.1) is 16.3 Å². The van der Waals surface area contributed by atoms with Crippen molar-refractivity contribution in [3.63, 3.8) is 0 Å². The van der Waals surface area contributed by atoms with Crippen LogP contribution < -0.4 is 0 Å². The van der Waals surface area contributed by atoms with E-state index in [0.717, 1.165) is 46.8 Å². The van der Waals surface area contributed by atoms with Crippen molar-refractivity contribution < 1.29 is 9.72 Å². The van der Waals surface area contributed by atoms with E-state index in [1.54, 1.807) is 12.1 Å². The second-order valence-electron chi connectivity index (χ2n) is 11.1. The van der Waals surface area contributed by atoms with E-state index in [2.05, 4.69) is 54.5 Å². The lowest BCUT2D eigenvalue weighted by Crippen LogP contribution is -2.49. The first kappa shape index (κ1) is 25.6. The number of piperazine rings is 1. The van der Waals surface area contributed by atoms with Gasteiger partial charge in [0.2, 0.25) is 5.91 Å². The van der Waals surface area contributed by atoms with Crippen LogP contribution in [0.5, 0.6) is 0 Å². The van der Waals surface area contributed by atoms with E-state index >= 15 is 0 Å². The minimum atomic E-state index is -0.388. The molecule has 1 aliphatic heterocycles. The fourth-order valence-corrected chi connectivity index (χ4v) is 4.95. The minimum absolute atomic E-state index is 0.0269. The molecule has 2 aromatic heterocycles. The zero-order valence-corrected chi connectivity index (χ0v) is 22.1. The first-order valence-corrected chi connectivity index (χ1v) is 13.0. The van der Waals surface area contributed by atoms with Crippen LogP contribution in [0, 0.1) is 15.5 Å². The maximum atomic E-state index is 12.7. The SMILES string of the molecule is CC(C)(C)CC(=O)N1CCN(Cc2c(-c3ccc([N+](=O)[O-])cc3)nc3ccc(-c4ccccc4)cn23)CC1. The van der Waals surface area contributed by atoms with Gasteiger partial charge in [-0.15, -0.1) is 0 Å². The topological polar surface area (TPSA) is 84.0 Å². The molecule has 1 saturated heterocycles. The van der Waals surface area contributed by atoms with E-state index in [9.17, 15) is 14.9 Å². The van der Waals surface area contributed by atoms with Crippen molar-refractivity contribution in [2.45, 2.75) is 33.7 Å². The highest BCUT2D eigenvalue weighted by molar-refractivity contribution is 5.77. The number of aromatic nitrogens is 2. The van der Waals surface area contributed by atoms with Crippen LogP contribution in [0.4, 0.5) is 5.69 Å². The van der Waals surface area contributed by atoms with Gasteiger partial charge in [0, 0.05) is 63.0 Å². The van der Waals surface area contributed by atoms with Gasteiger partial charge < -0.3 is 9.30 Å². The van der Waals surface area contributed by atoms with Crippen LogP contribution in [-0.4, -0.2) is 56.2 Å². The number of hydrogen-bond acceptors (Lipinski definition) is 5. The number of nitrogens with zero attached hydrogens (tertiary/aromatic N) is 5. The average Bonchev–Trinajstić information content (AvgIpc) is 3.26. The van der Waals surface area contributed by atoms with Crippen molar-refractivity contribution in [2.75, 3.05) is 26.2 Å². The predicted molar refractivity (Wildman–Crippen MR) is 149 cm³/mol. The Balaban J connectivity index is 1.46. The zero-order valence-electron chi connectivity index (χ0n) is 22.1. The minimum Gasteiger partial charge on any atom is -0.340 e. The van der Waals surface area contributed by atoms with E-state index in [4.69, 9.17) is 4.98 Å². The fraction of sp³-hybridized carbons (Fsp3) is 0.333. The van der Waals surface area contributed by atoms with Crippen molar-refractivity contribution in [1.29, 1.82) is 0 Å². The second kappa shape index (κ2) is 10.4. The second-order valence-corrected chi connectivity index (χ2v) is 11.1. The Morgan fingerprint density at radius 2 is 1.55 bits per heavy atom. The summed E-state index contributed by atoms with van der Waals surface area (Å²) in [5.74, 6) is 0.214. The maximum absolute atomic E-state index is 12.7. The number of nitro groups is 1. The number of carbonyl (C=O) groups excluding carboxylic acids is 1. The number of pyridine rings is 1. The van der Waals surface area contributed by atoms with Crippen molar-refractivity contribution in [1.82, 2.24) is 19.2 Å². The molecule has 1 amide bonds. The molecular weight excluding hydrogens is 478 g/mol. The number of hydrogen-bond donors (Lipinski definition) is 0. The van der Waals surface area contributed by atoms with Crippen molar-refractivity contribution >= 4 is 17.2 Å². The van der Waals surface area contributed by atoms with Crippen LogP contribution in [0.2, 0.25) is 0 Å². The summed E-state index contributed by atoms with van der Waals surface area (Å²) in [7, 11) is 0. The lowest BCUT2D eigenvalue weighted by molar-refractivity contribution is -0.384. The van der Waals surface area contributed by atoms with Crippen LogP contribution in [0.3, 0.4) is 0 Å². The van der Waals surface area contributed by atoms with Crippen LogP contribution >= 0.6 is 0 Å². The number of nitro benzene ring substituents is 1. The highest BCUT2D eigenvalue weighted by atomic mass is 16.6. The average molecular weight is 512 g/mol. The summed E-state index contributed by atoms with van der Waals surface area (Å²) in [5, 5.41) is 11.2. The molecular formula is C30H33N5O3. The fourth-order valence-electron chi connectivity index (χ4n) is 4.95. The Kier molecular flexibility index (Phi) is 6.99. The first-order chi connectivity index (χ1) is 18.2. The van der Waals surface area contributed by atoms with E-state index in [1.165, 1.54) is 12.1 Å². The number of carbonyl (C=O) groups is 1. The van der Waals surface area contributed by atoms with Crippen LogP contribution in [0.1, 0.15) is 32.9 Å². The molecule has 38 heavy (non-hydrogen) atoms. The third-order valence-corrected chi connectivity index (χ3v) is 6.96. The molecule has 0 atom stereocenters. The van der Waals surface area contributed by atoms with E-state index in [-0.39, 0.29) is 21.9 Å². The first-order valence-electron chi connectivity index (χ1n) is 13.0. The standard InChI is InChI=1S/C30H33N5O3/c1-30(2,3)19-28(36)33-17-15-32(16-18-33)21-26-29(23-9-12-25(13-10-23)35(37)38)31-27-14-11-24(20-34(26)27)22-7-5-4-6-8-22/h4-14,20H,15-19,21H2,1-3H3. The van der Waals surface area contributed by atoms with Crippen LogP contribution in [0.15, 0.2) is 72.9 Å². The summed E-state index contributed by atoms with van der Waals surface area (Å²) in [6, 6.07) is 20.9. The number of non-ortho nitro benzene ring substituents is 1. The molecule has 1 aliphatic rings. The lowest BCUT2D eigenvalue weighted by atomic mass is 9.91. The molecule has 0 N–H and O–H groups in total. The van der Waals surface area contributed by atoms with Crippen LogP contribution in [0.25, 0.3) is 28.0 Å². The molecule has 8 heteroatoms. The largest absolute Gasteiger partial charge is 0.340 e. The van der Waals surface area contributed by atoms with Crippen molar-refractivity contribution in [2.24, 2.45) is 5.41 Å². The van der Waals surface area contributed by atoms with Gasteiger partial charge in [-0.05, 0) is 40.8 Å². The summed E-state index contributed by atoms with van der Waals surface area (Å²) in [5.41, 5.74) is 5.75. The number of imidazole rings is 1. The molecule has 2 aromatic carbocycles. The monoisotopic (exact) mass is 511 g/mol. The number of benzene rings is 2. The summed E-state index contributed by atoms with van der Waals surface area (Å²) < 4.78 is 2.14. The number of rotatable bonds is 6. The lowest BCUT2D eigenvalue weighted by Gasteiger charge is -2.36. The van der Waals surface area contributed by atoms with E-state index < -0.39 is 0 Å². The molecule has 0 aliphatic carbocycles. The molecule has 4 aromatic rings. The number of amides is 1. The van der Waals surface area contributed by atoms with Crippen molar-refractivity contribution in [3.8, 4) is 22.4 Å². The van der Waals surface area contributed by atoms with E-state index in [1.807, 2.05) is 29.2 Å². The molecule has 8 nitrogen and oxygen atoms in total. The molecule has 0 saturated carbocycles. The van der Waals surface area contributed by atoms with Gasteiger partial charge in [-0.3, -0.25) is 19.8 Å². The Bertz CT molecular complexity index is 1450. The van der Waals surface area contributed by atoms with Gasteiger partial charge in [0.15, 0.2) is 0 Å². The molecule has 0 unspecified atom stereocenters. The molecule has 0 spiro atoms.